The zero-order valence-corrected chi connectivity index (χ0v) is 15.0. The van der Waals surface area contributed by atoms with Gasteiger partial charge >= 0.3 is 0 Å². The maximum absolute atomic E-state index is 12.2. The molecule has 5 heteroatoms. The molecule has 4 nitrogen and oxygen atoms in total. The van der Waals surface area contributed by atoms with Crippen LogP contribution in [0.25, 0.3) is 0 Å². The Bertz CT molecular complexity index is 652. The summed E-state index contributed by atoms with van der Waals surface area (Å²) in [7, 11) is 0. The van der Waals surface area contributed by atoms with Gasteiger partial charge in [0.2, 0.25) is 0 Å². The summed E-state index contributed by atoms with van der Waals surface area (Å²) in [6.45, 7) is 7.86. The third-order valence-corrected chi connectivity index (χ3v) is 4.01. The lowest BCUT2D eigenvalue weighted by atomic mass is 10.2. The Morgan fingerprint density at radius 2 is 1.67 bits per heavy atom. The standard InChI is InChI=1S/C19H23ClN2O2/c1-4-22(5-2)17-10-8-16(9-11-17)21-19(23)14(3)24-18-12-6-15(20)7-13-18/h6-14H,4-5H2,1-3H3,(H,21,23)/t14-/m1/s1. The molecule has 2 rings (SSSR count). The summed E-state index contributed by atoms with van der Waals surface area (Å²) in [6.07, 6.45) is -0.603. The van der Waals surface area contributed by atoms with E-state index in [1.807, 2.05) is 24.3 Å². The predicted octanol–water partition coefficient (Wildman–Crippen LogP) is 4.59. The second kappa shape index (κ2) is 8.60. The van der Waals surface area contributed by atoms with Gasteiger partial charge in [0.05, 0.1) is 0 Å². The molecule has 1 amide bonds. The third kappa shape index (κ3) is 4.90. The van der Waals surface area contributed by atoms with Gasteiger partial charge in [0.15, 0.2) is 6.10 Å². The average molecular weight is 347 g/mol. The van der Waals surface area contributed by atoms with Gasteiger partial charge in [0, 0.05) is 29.5 Å². The molecular formula is C19H23ClN2O2. The summed E-state index contributed by atoms with van der Waals surface area (Å²) < 4.78 is 5.62. The number of ether oxygens (including phenoxy) is 1. The highest BCUT2D eigenvalue weighted by molar-refractivity contribution is 6.30. The van der Waals surface area contributed by atoms with Gasteiger partial charge in [0.25, 0.3) is 5.91 Å². The van der Waals surface area contributed by atoms with Crippen molar-refractivity contribution in [2.24, 2.45) is 0 Å². The Balaban J connectivity index is 1.94. The number of benzene rings is 2. The molecule has 1 atom stereocenters. The van der Waals surface area contributed by atoms with Gasteiger partial charge in [-0.2, -0.15) is 0 Å². The number of rotatable bonds is 7. The quantitative estimate of drug-likeness (QED) is 0.797. The van der Waals surface area contributed by atoms with Gasteiger partial charge in [-0.05, 0) is 69.3 Å². The van der Waals surface area contributed by atoms with E-state index in [1.165, 1.54) is 0 Å². The van der Waals surface area contributed by atoms with Crippen molar-refractivity contribution >= 4 is 28.9 Å². The van der Waals surface area contributed by atoms with E-state index in [1.54, 1.807) is 31.2 Å². The molecule has 2 aromatic carbocycles. The van der Waals surface area contributed by atoms with Crippen molar-refractivity contribution in [1.29, 1.82) is 0 Å². The summed E-state index contributed by atoms with van der Waals surface area (Å²) in [6, 6.07) is 14.8. The van der Waals surface area contributed by atoms with Crippen molar-refractivity contribution in [1.82, 2.24) is 0 Å². The Labute approximate surface area is 148 Å². The van der Waals surface area contributed by atoms with Crippen LogP contribution < -0.4 is 15.0 Å². The molecule has 0 spiro atoms. The summed E-state index contributed by atoms with van der Waals surface area (Å²) in [5.41, 5.74) is 1.89. The molecule has 1 N–H and O–H groups in total. The van der Waals surface area contributed by atoms with Crippen LogP contribution in [-0.4, -0.2) is 25.1 Å². The van der Waals surface area contributed by atoms with E-state index >= 15 is 0 Å². The van der Waals surface area contributed by atoms with Crippen LogP contribution in [0.5, 0.6) is 5.75 Å². The molecular weight excluding hydrogens is 324 g/mol. The number of nitrogens with one attached hydrogen (secondary N) is 1. The Morgan fingerprint density at radius 1 is 1.08 bits per heavy atom. The van der Waals surface area contributed by atoms with E-state index < -0.39 is 6.10 Å². The summed E-state index contributed by atoms with van der Waals surface area (Å²) in [5.74, 6) is 0.416. The monoisotopic (exact) mass is 346 g/mol. The number of amides is 1. The van der Waals surface area contributed by atoms with Crippen LogP contribution in [0.3, 0.4) is 0 Å². The smallest absolute Gasteiger partial charge is 0.265 e. The van der Waals surface area contributed by atoms with Gasteiger partial charge < -0.3 is 15.0 Å². The van der Waals surface area contributed by atoms with Crippen LogP contribution in [0.15, 0.2) is 48.5 Å². The van der Waals surface area contributed by atoms with Crippen molar-refractivity contribution in [3.63, 3.8) is 0 Å². The van der Waals surface area contributed by atoms with Crippen LogP contribution >= 0.6 is 11.6 Å². The molecule has 24 heavy (non-hydrogen) atoms. The number of nitrogens with zero attached hydrogens (tertiary/aromatic N) is 1. The zero-order chi connectivity index (χ0) is 17.5. The van der Waals surface area contributed by atoms with Crippen LogP contribution in [-0.2, 0) is 4.79 Å². The first-order valence-electron chi connectivity index (χ1n) is 8.11. The molecule has 0 unspecified atom stereocenters. The summed E-state index contributed by atoms with van der Waals surface area (Å²) in [4.78, 5) is 14.5. The summed E-state index contributed by atoms with van der Waals surface area (Å²) >= 11 is 5.84. The number of anilines is 2. The Morgan fingerprint density at radius 3 is 2.21 bits per heavy atom. The predicted molar refractivity (Wildman–Crippen MR) is 100 cm³/mol. The van der Waals surface area contributed by atoms with E-state index in [4.69, 9.17) is 16.3 Å². The van der Waals surface area contributed by atoms with Crippen LogP contribution in [0.4, 0.5) is 11.4 Å². The van der Waals surface area contributed by atoms with Crippen molar-refractivity contribution < 1.29 is 9.53 Å². The van der Waals surface area contributed by atoms with Crippen LogP contribution in [0.1, 0.15) is 20.8 Å². The minimum Gasteiger partial charge on any atom is -0.481 e. The highest BCUT2D eigenvalue weighted by Gasteiger charge is 2.15. The fraction of sp³-hybridized carbons (Fsp3) is 0.316. The van der Waals surface area contributed by atoms with Gasteiger partial charge in [-0.15, -0.1) is 0 Å². The highest BCUT2D eigenvalue weighted by atomic mass is 35.5. The maximum atomic E-state index is 12.2. The number of halogens is 1. The van der Waals surface area contributed by atoms with Crippen LogP contribution in [0, 0.1) is 0 Å². The van der Waals surface area contributed by atoms with Crippen molar-refractivity contribution in [2.75, 3.05) is 23.3 Å². The van der Waals surface area contributed by atoms with E-state index in [-0.39, 0.29) is 5.91 Å². The molecule has 0 aliphatic rings. The molecule has 0 aliphatic heterocycles. The third-order valence-electron chi connectivity index (χ3n) is 3.76. The first-order valence-corrected chi connectivity index (χ1v) is 8.49. The van der Waals surface area contributed by atoms with E-state index in [9.17, 15) is 4.79 Å². The lowest BCUT2D eigenvalue weighted by molar-refractivity contribution is -0.122. The first kappa shape index (κ1) is 18.1. The molecule has 0 aliphatic carbocycles. The Kier molecular flexibility index (Phi) is 6.50. The van der Waals surface area contributed by atoms with Gasteiger partial charge in [-0.3, -0.25) is 4.79 Å². The molecule has 0 saturated heterocycles. The highest BCUT2D eigenvalue weighted by Crippen LogP contribution is 2.19. The molecule has 0 fully saturated rings. The molecule has 0 radical (unpaired) electrons. The maximum Gasteiger partial charge on any atom is 0.265 e. The second-order valence-electron chi connectivity index (χ2n) is 5.42. The van der Waals surface area contributed by atoms with E-state index in [0.29, 0.717) is 10.8 Å². The number of hydrogen-bond donors (Lipinski definition) is 1. The van der Waals surface area contributed by atoms with E-state index in [0.717, 1.165) is 24.5 Å². The zero-order valence-electron chi connectivity index (χ0n) is 14.3. The lowest BCUT2D eigenvalue weighted by Crippen LogP contribution is -2.30. The summed E-state index contributed by atoms with van der Waals surface area (Å²) in [5, 5.41) is 3.50. The van der Waals surface area contributed by atoms with E-state index in [2.05, 4.69) is 24.1 Å². The van der Waals surface area contributed by atoms with Gasteiger partial charge in [-0.25, -0.2) is 0 Å². The van der Waals surface area contributed by atoms with Crippen molar-refractivity contribution in [3.8, 4) is 5.75 Å². The minimum atomic E-state index is -0.603. The number of hydrogen-bond acceptors (Lipinski definition) is 3. The largest absolute Gasteiger partial charge is 0.481 e. The number of carbonyl (C=O) groups excluding carboxylic acids is 1. The topological polar surface area (TPSA) is 41.6 Å². The average Bonchev–Trinajstić information content (AvgIpc) is 2.59. The molecule has 2 aromatic rings. The van der Waals surface area contributed by atoms with Crippen LogP contribution in [0.2, 0.25) is 5.02 Å². The van der Waals surface area contributed by atoms with Crippen molar-refractivity contribution in [2.45, 2.75) is 26.9 Å². The second-order valence-corrected chi connectivity index (χ2v) is 5.86. The lowest BCUT2D eigenvalue weighted by Gasteiger charge is -2.21. The van der Waals surface area contributed by atoms with Gasteiger partial charge in [0.1, 0.15) is 5.75 Å². The van der Waals surface area contributed by atoms with Crippen molar-refractivity contribution in [3.05, 3.63) is 53.6 Å². The number of carbonyl (C=O) groups is 1. The molecule has 128 valence electrons. The molecule has 0 aromatic heterocycles. The fourth-order valence-electron chi connectivity index (χ4n) is 2.36. The first-order chi connectivity index (χ1) is 11.5. The minimum absolute atomic E-state index is 0.194. The molecule has 0 saturated carbocycles. The Hall–Kier alpha value is -2.20. The fourth-order valence-corrected chi connectivity index (χ4v) is 2.49. The molecule has 0 bridgehead atoms. The normalized spacial score (nSPS) is 11.7. The van der Waals surface area contributed by atoms with Gasteiger partial charge in [-0.1, -0.05) is 11.6 Å². The molecule has 0 heterocycles. The SMILES string of the molecule is CCN(CC)c1ccc(NC(=O)[C@@H](C)Oc2ccc(Cl)cc2)cc1.